The number of amides is 1. The zero-order valence-electron chi connectivity index (χ0n) is 15.9. The van der Waals surface area contributed by atoms with Crippen LogP contribution in [0.3, 0.4) is 0 Å². The Hall–Kier alpha value is -3.76. The van der Waals surface area contributed by atoms with Crippen molar-refractivity contribution in [1.29, 1.82) is 0 Å². The van der Waals surface area contributed by atoms with Gasteiger partial charge in [0.05, 0.1) is 11.7 Å². The van der Waals surface area contributed by atoms with E-state index in [1.54, 1.807) is 42.6 Å². The summed E-state index contributed by atoms with van der Waals surface area (Å²) in [5.41, 5.74) is 7.60. The van der Waals surface area contributed by atoms with Crippen LogP contribution >= 0.6 is 0 Å². The molecule has 4 rings (SSSR count). The molecule has 0 spiro atoms. The van der Waals surface area contributed by atoms with Gasteiger partial charge in [0.25, 0.3) is 5.91 Å². The van der Waals surface area contributed by atoms with Gasteiger partial charge in [0, 0.05) is 26.0 Å². The van der Waals surface area contributed by atoms with Crippen LogP contribution in [0, 0.1) is 6.92 Å². The Morgan fingerprint density at radius 3 is 2.64 bits per heavy atom. The number of carbonyl (C=O) groups is 1. The summed E-state index contributed by atoms with van der Waals surface area (Å²) in [6, 6.07) is 1.59. The molecule has 1 amide bonds. The summed E-state index contributed by atoms with van der Waals surface area (Å²) in [6.45, 7) is 4.18. The molecule has 0 atom stereocenters. The summed E-state index contributed by atoms with van der Waals surface area (Å²) < 4.78 is 4.80. The summed E-state index contributed by atoms with van der Waals surface area (Å²) in [6.07, 6.45) is 1.65. The standard InChI is InChI=1S/C17H19N9O2/c1-5-26-13(14(27)8(2)22-26)16-21-17(25(4)23-16)12-9-7-19-24(3)11(9)6-10(20-12)15(18)28/h6-7,27H,5H2,1-4H3,(H2,18,28). The smallest absolute Gasteiger partial charge is 0.267 e. The van der Waals surface area contributed by atoms with Crippen LogP contribution in [-0.2, 0) is 20.6 Å². The molecule has 4 aromatic heterocycles. The van der Waals surface area contributed by atoms with Gasteiger partial charge in [-0.15, -0.1) is 5.10 Å². The fourth-order valence-corrected chi connectivity index (χ4v) is 3.15. The van der Waals surface area contributed by atoms with Crippen LogP contribution in [-0.4, -0.2) is 50.3 Å². The molecule has 0 aliphatic heterocycles. The molecule has 11 heteroatoms. The highest BCUT2D eigenvalue weighted by atomic mass is 16.3. The van der Waals surface area contributed by atoms with E-state index in [1.807, 2.05) is 6.92 Å². The SMILES string of the molecule is CCn1nc(C)c(O)c1-c1nc(-c2nc(C(N)=O)cc3c2cnn3C)n(C)n1. The molecule has 0 aliphatic rings. The predicted octanol–water partition coefficient (Wildman–Crippen LogP) is 0.760. The van der Waals surface area contributed by atoms with E-state index in [1.165, 1.54) is 4.68 Å². The first-order valence-corrected chi connectivity index (χ1v) is 8.62. The number of nitrogens with zero attached hydrogens (tertiary/aromatic N) is 8. The number of nitrogens with two attached hydrogens (primary N) is 1. The number of aromatic nitrogens is 8. The molecule has 144 valence electrons. The number of aromatic hydroxyl groups is 1. The van der Waals surface area contributed by atoms with Gasteiger partial charge in [0.15, 0.2) is 11.6 Å². The Kier molecular flexibility index (Phi) is 3.87. The molecule has 3 N–H and O–H groups in total. The molecule has 0 bridgehead atoms. The maximum Gasteiger partial charge on any atom is 0.267 e. The average Bonchev–Trinajstić information content (AvgIpc) is 3.31. The third-order valence-corrected chi connectivity index (χ3v) is 4.58. The minimum atomic E-state index is -0.649. The maximum absolute atomic E-state index is 11.7. The molecule has 0 radical (unpaired) electrons. The van der Waals surface area contributed by atoms with E-state index in [2.05, 4.69) is 25.3 Å². The Bertz CT molecular complexity index is 1230. The van der Waals surface area contributed by atoms with E-state index in [9.17, 15) is 9.90 Å². The lowest BCUT2D eigenvalue weighted by atomic mass is 10.2. The predicted molar refractivity (Wildman–Crippen MR) is 100 cm³/mol. The Labute approximate surface area is 159 Å². The van der Waals surface area contributed by atoms with Crippen molar-refractivity contribution in [3.05, 3.63) is 23.7 Å². The number of rotatable bonds is 4. The van der Waals surface area contributed by atoms with Gasteiger partial charge in [0.1, 0.15) is 22.8 Å². The summed E-state index contributed by atoms with van der Waals surface area (Å²) in [5, 5.41) is 24.1. The molecule has 0 aliphatic carbocycles. The van der Waals surface area contributed by atoms with Gasteiger partial charge in [-0.05, 0) is 19.9 Å². The quantitative estimate of drug-likeness (QED) is 0.531. The second-order valence-electron chi connectivity index (χ2n) is 6.40. The van der Waals surface area contributed by atoms with E-state index < -0.39 is 5.91 Å². The number of aryl methyl sites for hydroxylation is 4. The van der Waals surface area contributed by atoms with Crippen LogP contribution < -0.4 is 5.73 Å². The Morgan fingerprint density at radius 2 is 1.96 bits per heavy atom. The van der Waals surface area contributed by atoms with Crippen LogP contribution in [0.4, 0.5) is 0 Å². The number of carbonyl (C=O) groups excluding carboxylic acids is 1. The molecule has 0 saturated carbocycles. The Morgan fingerprint density at radius 1 is 1.21 bits per heavy atom. The second-order valence-corrected chi connectivity index (χ2v) is 6.40. The largest absolute Gasteiger partial charge is 0.504 e. The third-order valence-electron chi connectivity index (χ3n) is 4.58. The summed E-state index contributed by atoms with van der Waals surface area (Å²) >= 11 is 0. The molecule has 4 aromatic rings. The molecule has 0 aromatic carbocycles. The zero-order chi connectivity index (χ0) is 20.2. The molecular weight excluding hydrogens is 362 g/mol. The first-order chi connectivity index (χ1) is 13.3. The Balaban J connectivity index is 1.97. The van der Waals surface area contributed by atoms with E-state index in [-0.39, 0.29) is 11.4 Å². The molecule has 0 saturated heterocycles. The fourth-order valence-electron chi connectivity index (χ4n) is 3.15. The van der Waals surface area contributed by atoms with Gasteiger partial charge in [-0.25, -0.2) is 14.6 Å². The second kappa shape index (κ2) is 6.15. The normalized spacial score (nSPS) is 11.4. The van der Waals surface area contributed by atoms with E-state index in [0.29, 0.717) is 46.2 Å². The van der Waals surface area contributed by atoms with E-state index >= 15 is 0 Å². The van der Waals surface area contributed by atoms with Crippen molar-refractivity contribution in [2.24, 2.45) is 19.8 Å². The van der Waals surface area contributed by atoms with Crippen LogP contribution in [0.15, 0.2) is 12.3 Å². The van der Waals surface area contributed by atoms with Crippen LogP contribution in [0.2, 0.25) is 0 Å². The average molecular weight is 381 g/mol. The number of fused-ring (bicyclic) bond motifs is 1. The first kappa shape index (κ1) is 17.6. The van der Waals surface area contributed by atoms with Gasteiger partial charge < -0.3 is 10.8 Å². The van der Waals surface area contributed by atoms with Crippen molar-refractivity contribution in [3.8, 4) is 28.8 Å². The molecule has 0 unspecified atom stereocenters. The van der Waals surface area contributed by atoms with Gasteiger partial charge in [-0.3, -0.25) is 14.2 Å². The van der Waals surface area contributed by atoms with Crippen molar-refractivity contribution >= 4 is 16.8 Å². The fraction of sp³-hybridized carbons (Fsp3) is 0.294. The highest BCUT2D eigenvalue weighted by molar-refractivity contribution is 5.99. The number of hydrogen-bond donors (Lipinski definition) is 2. The van der Waals surface area contributed by atoms with Crippen LogP contribution in [0.1, 0.15) is 23.1 Å². The highest BCUT2D eigenvalue weighted by Gasteiger charge is 2.24. The minimum Gasteiger partial charge on any atom is -0.504 e. The van der Waals surface area contributed by atoms with Crippen LogP contribution in [0.5, 0.6) is 5.75 Å². The molecule has 28 heavy (non-hydrogen) atoms. The van der Waals surface area contributed by atoms with Crippen molar-refractivity contribution < 1.29 is 9.90 Å². The minimum absolute atomic E-state index is 0.0318. The monoisotopic (exact) mass is 381 g/mol. The molecule has 11 nitrogen and oxygen atoms in total. The van der Waals surface area contributed by atoms with E-state index in [4.69, 9.17) is 5.73 Å². The van der Waals surface area contributed by atoms with Gasteiger partial charge in [-0.1, -0.05) is 0 Å². The lowest BCUT2D eigenvalue weighted by Gasteiger charge is -2.04. The summed E-state index contributed by atoms with van der Waals surface area (Å²) in [5.74, 6) is 0.103. The third kappa shape index (κ3) is 2.51. The van der Waals surface area contributed by atoms with Crippen molar-refractivity contribution in [1.82, 2.24) is 39.3 Å². The van der Waals surface area contributed by atoms with Gasteiger partial charge in [-0.2, -0.15) is 10.2 Å². The van der Waals surface area contributed by atoms with Crippen molar-refractivity contribution in [2.75, 3.05) is 0 Å². The lowest BCUT2D eigenvalue weighted by Crippen LogP contribution is -2.14. The van der Waals surface area contributed by atoms with Gasteiger partial charge >= 0.3 is 0 Å². The topological polar surface area (TPSA) is 143 Å². The van der Waals surface area contributed by atoms with Crippen molar-refractivity contribution in [3.63, 3.8) is 0 Å². The number of primary amides is 1. The maximum atomic E-state index is 11.7. The van der Waals surface area contributed by atoms with Gasteiger partial charge in [0.2, 0.25) is 5.82 Å². The highest BCUT2D eigenvalue weighted by Crippen LogP contribution is 2.32. The zero-order valence-corrected chi connectivity index (χ0v) is 15.9. The van der Waals surface area contributed by atoms with E-state index in [0.717, 1.165) is 0 Å². The summed E-state index contributed by atoms with van der Waals surface area (Å²) in [4.78, 5) is 20.7. The lowest BCUT2D eigenvalue weighted by molar-refractivity contribution is 0.0996. The molecule has 4 heterocycles. The molecular formula is C17H19N9O2. The number of pyridine rings is 1. The van der Waals surface area contributed by atoms with Crippen molar-refractivity contribution in [2.45, 2.75) is 20.4 Å². The van der Waals surface area contributed by atoms with Crippen LogP contribution in [0.25, 0.3) is 33.9 Å². The number of hydrogen-bond acceptors (Lipinski definition) is 7. The molecule has 0 fully saturated rings. The first-order valence-electron chi connectivity index (χ1n) is 8.62. The summed E-state index contributed by atoms with van der Waals surface area (Å²) in [7, 11) is 3.48.